The monoisotopic (exact) mass is 363 g/mol. The van der Waals surface area contributed by atoms with Crippen molar-refractivity contribution in [3.8, 4) is 0 Å². The minimum atomic E-state index is -2.07. The third-order valence-electron chi connectivity index (χ3n) is 3.79. The number of carbonyl (C=O) groups excluding carboxylic acids is 2. The number of hydrogen-bond donors (Lipinski definition) is 5. The zero-order valence-electron chi connectivity index (χ0n) is 14.1. The van der Waals surface area contributed by atoms with E-state index in [0.29, 0.717) is 0 Å². The summed E-state index contributed by atoms with van der Waals surface area (Å²) in [6.07, 6.45) is -5.24. The molecule has 0 spiro atoms. The molecular formula is C15H25NO9. The van der Waals surface area contributed by atoms with Gasteiger partial charge in [-0.25, -0.2) is 4.79 Å². The molecule has 10 nitrogen and oxygen atoms in total. The van der Waals surface area contributed by atoms with Gasteiger partial charge >= 0.3 is 5.97 Å². The van der Waals surface area contributed by atoms with Gasteiger partial charge in [-0.15, -0.1) is 6.58 Å². The molecule has 1 aliphatic heterocycles. The Kier molecular flexibility index (Phi) is 7.93. The standard InChI is InChI=1S/C15H25NO9/c1-4-5-24-15(14(22)23-3)6-9(19)11(16-8(2)18)13(25-15)12(21)10(20)7-17/h4,9-13,17,19-21H,1,5-7H2,2-3H3,(H,16,18)/t9?,10?,11?,12-,13?,15?/m1/s1. The van der Waals surface area contributed by atoms with Crippen molar-refractivity contribution in [1.29, 1.82) is 0 Å². The van der Waals surface area contributed by atoms with Crippen LogP contribution in [0, 0.1) is 0 Å². The Hall–Kier alpha value is -1.56. The lowest BCUT2D eigenvalue weighted by Crippen LogP contribution is -2.68. The molecular weight excluding hydrogens is 338 g/mol. The molecule has 144 valence electrons. The van der Waals surface area contributed by atoms with E-state index in [4.69, 9.17) is 14.6 Å². The van der Waals surface area contributed by atoms with E-state index in [2.05, 4.69) is 16.6 Å². The summed E-state index contributed by atoms with van der Waals surface area (Å²) in [5.41, 5.74) is 0. The normalized spacial score (nSPS) is 31.7. The SMILES string of the molecule is C=CCOC1(C(=O)OC)CC(O)C(NC(C)=O)C([C@H](O)C(O)CO)O1. The first kappa shape index (κ1) is 21.5. The molecule has 1 amide bonds. The molecule has 5 N–H and O–H groups in total. The highest BCUT2D eigenvalue weighted by atomic mass is 16.7. The average molecular weight is 363 g/mol. The van der Waals surface area contributed by atoms with Crippen molar-refractivity contribution in [1.82, 2.24) is 5.32 Å². The van der Waals surface area contributed by atoms with Crippen LogP contribution in [-0.4, -0.2) is 88.9 Å². The number of rotatable bonds is 8. The lowest BCUT2D eigenvalue weighted by molar-refractivity contribution is -0.309. The van der Waals surface area contributed by atoms with Crippen LogP contribution in [0.25, 0.3) is 0 Å². The number of aliphatic hydroxyl groups excluding tert-OH is 4. The fourth-order valence-corrected chi connectivity index (χ4v) is 2.62. The van der Waals surface area contributed by atoms with Gasteiger partial charge in [-0.05, 0) is 0 Å². The van der Waals surface area contributed by atoms with Gasteiger partial charge in [-0.1, -0.05) is 6.08 Å². The summed E-state index contributed by atoms with van der Waals surface area (Å²) in [4.78, 5) is 23.6. The zero-order valence-corrected chi connectivity index (χ0v) is 14.1. The van der Waals surface area contributed by atoms with Gasteiger partial charge in [-0.2, -0.15) is 0 Å². The Labute approximate surface area is 145 Å². The quantitative estimate of drug-likeness (QED) is 0.231. The van der Waals surface area contributed by atoms with Gasteiger partial charge in [-0.3, -0.25) is 4.79 Å². The Balaban J connectivity index is 3.23. The third kappa shape index (κ3) is 4.97. The summed E-state index contributed by atoms with van der Waals surface area (Å²) < 4.78 is 15.6. The van der Waals surface area contributed by atoms with Gasteiger partial charge in [0.2, 0.25) is 5.91 Å². The first-order chi connectivity index (χ1) is 11.7. The molecule has 0 aliphatic carbocycles. The minimum absolute atomic E-state index is 0.127. The second-order valence-corrected chi connectivity index (χ2v) is 5.66. The van der Waals surface area contributed by atoms with Crippen molar-refractivity contribution in [2.75, 3.05) is 20.3 Å². The zero-order chi connectivity index (χ0) is 19.2. The van der Waals surface area contributed by atoms with Crippen LogP contribution in [-0.2, 0) is 23.8 Å². The fraction of sp³-hybridized carbons (Fsp3) is 0.733. The van der Waals surface area contributed by atoms with Crippen LogP contribution in [0.4, 0.5) is 0 Å². The first-order valence-electron chi connectivity index (χ1n) is 7.65. The van der Waals surface area contributed by atoms with Gasteiger partial charge in [0.1, 0.15) is 18.3 Å². The molecule has 0 aromatic rings. The first-order valence-corrected chi connectivity index (χ1v) is 7.65. The Bertz CT molecular complexity index is 486. The summed E-state index contributed by atoms with van der Waals surface area (Å²) in [6.45, 7) is 3.72. The predicted octanol–water partition coefficient (Wildman–Crippen LogP) is -2.57. The Morgan fingerprint density at radius 1 is 1.48 bits per heavy atom. The predicted molar refractivity (Wildman–Crippen MR) is 83.1 cm³/mol. The van der Waals surface area contributed by atoms with Gasteiger partial charge < -0.3 is 40.0 Å². The van der Waals surface area contributed by atoms with Crippen LogP contribution >= 0.6 is 0 Å². The number of esters is 1. The minimum Gasteiger partial charge on any atom is -0.465 e. The molecule has 0 aromatic carbocycles. The number of aliphatic hydroxyl groups is 4. The van der Waals surface area contributed by atoms with E-state index in [0.717, 1.165) is 7.11 Å². The maximum Gasteiger partial charge on any atom is 0.366 e. The second-order valence-electron chi connectivity index (χ2n) is 5.66. The van der Waals surface area contributed by atoms with Crippen LogP contribution in [0.2, 0.25) is 0 Å². The van der Waals surface area contributed by atoms with E-state index < -0.39 is 61.1 Å². The molecule has 0 bridgehead atoms. The maximum absolute atomic E-state index is 12.2. The summed E-state index contributed by atoms with van der Waals surface area (Å²) in [6, 6.07) is -1.15. The maximum atomic E-state index is 12.2. The summed E-state index contributed by atoms with van der Waals surface area (Å²) in [7, 11) is 1.09. The molecule has 1 fully saturated rings. The van der Waals surface area contributed by atoms with Gasteiger partial charge in [0, 0.05) is 13.3 Å². The fourth-order valence-electron chi connectivity index (χ4n) is 2.62. The molecule has 0 radical (unpaired) electrons. The van der Waals surface area contributed by atoms with Crippen molar-refractivity contribution < 1.29 is 44.2 Å². The molecule has 1 aliphatic rings. The smallest absolute Gasteiger partial charge is 0.366 e. The van der Waals surface area contributed by atoms with Crippen molar-refractivity contribution >= 4 is 11.9 Å². The van der Waals surface area contributed by atoms with E-state index in [9.17, 15) is 24.9 Å². The molecule has 5 unspecified atom stereocenters. The van der Waals surface area contributed by atoms with E-state index >= 15 is 0 Å². The second kappa shape index (κ2) is 9.22. The molecule has 1 saturated heterocycles. The number of carbonyl (C=O) groups is 2. The van der Waals surface area contributed by atoms with Gasteiger partial charge in [0.25, 0.3) is 5.79 Å². The highest BCUT2D eigenvalue weighted by Gasteiger charge is 2.56. The van der Waals surface area contributed by atoms with Crippen molar-refractivity contribution in [2.45, 2.75) is 49.6 Å². The number of hydrogen-bond acceptors (Lipinski definition) is 9. The summed E-state index contributed by atoms with van der Waals surface area (Å²) in [5, 5.41) is 41.8. The number of nitrogens with one attached hydrogen (secondary N) is 1. The van der Waals surface area contributed by atoms with Crippen molar-refractivity contribution in [2.24, 2.45) is 0 Å². The number of amides is 1. The van der Waals surface area contributed by atoms with Crippen molar-refractivity contribution in [3.63, 3.8) is 0 Å². The number of methoxy groups -OCH3 is 1. The average Bonchev–Trinajstić information content (AvgIpc) is 2.59. The molecule has 0 saturated carbocycles. The van der Waals surface area contributed by atoms with Crippen LogP contribution in [0.3, 0.4) is 0 Å². The van der Waals surface area contributed by atoms with E-state index in [-0.39, 0.29) is 6.61 Å². The summed E-state index contributed by atoms with van der Waals surface area (Å²) >= 11 is 0. The lowest BCUT2D eigenvalue weighted by atomic mass is 9.88. The lowest BCUT2D eigenvalue weighted by Gasteiger charge is -2.46. The highest BCUT2D eigenvalue weighted by Crippen LogP contribution is 2.34. The molecule has 0 aromatic heterocycles. The van der Waals surface area contributed by atoms with Gasteiger partial charge in [0.05, 0.1) is 32.5 Å². The third-order valence-corrected chi connectivity index (χ3v) is 3.79. The molecule has 25 heavy (non-hydrogen) atoms. The van der Waals surface area contributed by atoms with E-state index in [1.807, 2.05) is 0 Å². The summed E-state index contributed by atoms with van der Waals surface area (Å²) in [5.74, 6) is -3.57. The van der Waals surface area contributed by atoms with Crippen LogP contribution in [0.1, 0.15) is 13.3 Å². The van der Waals surface area contributed by atoms with Gasteiger partial charge in [0.15, 0.2) is 0 Å². The molecule has 1 rings (SSSR count). The topological polar surface area (TPSA) is 155 Å². The van der Waals surface area contributed by atoms with E-state index in [1.54, 1.807) is 0 Å². The van der Waals surface area contributed by atoms with Crippen LogP contribution in [0.15, 0.2) is 12.7 Å². The highest BCUT2D eigenvalue weighted by molar-refractivity contribution is 5.78. The number of ether oxygens (including phenoxy) is 3. The van der Waals surface area contributed by atoms with Crippen LogP contribution in [0.5, 0.6) is 0 Å². The Morgan fingerprint density at radius 3 is 2.60 bits per heavy atom. The largest absolute Gasteiger partial charge is 0.465 e. The van der Waals surface area contributed by atoms with E-state index in [1.165, 1.54) is 13.0 Å². The Morgan fingerprint density at radius 2 is 2.12 bits per heavy atom. The van der Waals surface area contributed by atoms with Crippen LogP contribution < -0.4 is 5.32 Å². The molecule has 6 atom stereocenters. The van der Waals surface area contributed by atoms with Crippen molar-refractivity contribution in [3.05, 3.63) is 12.7 Å². The molecule has 10 heteroatoms. The molecule has 1 heterocycles.